The largest absolute Gasteiger partial charge is 0.490 e. The summed E-state index contributed by atoms with van der Waals surface area (Å²) in [6.45, 7) is 1.43. The van der Waals surface area contributed by atoms with E-state index in [1.807, 2.05) is 4.90 Å². The first-order chi connectivity index (χ1) is 12.5. The van der Waals surface area contributed by atoms with E-state index in [1.165, 1.54) is 22.9 Å². The van der Waals surface area contributed by atoms with Gasteiger partial charge in [0.05, 0.1) is 16.4 Å². The molecule has 0 bridgehead atoms. The van der Waals surface area contributed by atoms with E-state index in [-0.39, 0.29) is 30.1 Å². The van der Waals surface area contributed by atoms with Crippen LogP contribution in [0, 0.1) is 11.6 Å². The SMILES string of the molecule is NCC(c1scnc1C(F)F)N1CCC(Oc2ccc(F)c(F)c2)CC1. The second-order valence-electron chi connectivity index (χ2n) is 6.08. The third kappa shape index (κ3) is 4.16. The average molecular weight is 389 g/mol. The number of benzene rings is 1. The van der Waals surface area contributed by atoms with Crippen molar-refractivity contribution < 1.29 is 22.3 Å². The van der Waals surface area contributed by atoms with Crippen molar-refractivity contribution in [3.05, 3.63) is 45.9 Å². The van der Waals surface area contributed by atoms with Crippen LogP contribution in [0.4, 0.5) is 17.6 Å². The van der Waals surface area contributed by atoms with Crippen molar-refractivity contribution >= 4 is 11.3 Å². The second-order valence-corrected chi connectivity index (χ2v) is 6.97. The van der Waals surface area contributed by atoms with Gasteiger partial charge in [-0.1, -0.05) is 0 Å². The van der Waals surface area contributed by atoms with Crippen LogP contribution in [-0.2, 0) is 0 Å². The number of rotatable bonds is 6. The quantitative estimate of drug-likeness (QED) is 0.762. The predicted octanol–water partition coefficient (Wildman–Crippen LogP) is 3.90. The highest BCUT2D eigenvalue weighted by Gasteiger charge is 2.30. The molecule has 142 valence electrons. The summed E-state index contributed by atoms with van der Waals surface area (Å²) in [5.74, 6) is -1.59. The summed E-state index contributed by atoms with van der Waals surface area (Å²) in [6, 6.07) is 3.13. The van der Waals surface area contributed by atoms with Crippen LogP contribution >= 0.6 is 11.3 Å². The number of nitrogens with zero attached hydrogens (tertiary/aromatic N) is 2. The van der Waals surface area contributed by atoms with Crippen LogP contribution in [-0.4, -0.2) is 35.6 Å². The maximum Gasteiger partial charge on any atom is 0.281 e. The molecular formula is C17H19F4N3OS. The Morgan fingerprint density at radius 2 is 1.96 bits per heavy atom. The zero-order valence-electron chi connectivity index (χ0n) is 13.9. The number of ether oxygens (including phenoxy) is 1. The summed E-state index contributed by atoms with van der Waals surface area (Å²) >= 11 is 1.19. The molecule has 3 rings (SSSR count). The summed E-state index contributed by atoms with van der Waals surface area (Å²) in [5, 5.41) is 0. The second kappa shape index (κ2) is 8.32. The number of halogens is 4. The number of piperidine rings is 1. The Morgan fingerprint density at radius 3 is 2.58 bits per heavy atom. The summed E-state index contributed by atoms with van der Waals surface area (Å²) in [7, 11) is 0. The molecule has 1 atom stereocenters. The van der Waals surface area contributed by atoms with Gasteiger partial charge >= 0.3 is 0 Å². The highest BCUT2D eigenvalue weighted by molar-refractivity contribution is 7.09. The molecule has 1 aromatic carbocycles. The van der Waals surface area contributed by atoms with Crippen molar-refractivity contribution in [2.24, 2.45) is 5.73 Å². The van der Waals surface area contributed by atoms with Gasteiger partial charge < -0.3 is 10.5 Å². The fourth-order valence-corrected chi connectivity index (χ4v) is 4.09. The van der Waals surface area contributed by atoms with Gasteiger partial charge in [-0.3, -0.25) is 4.90 Å². The van der Waals surface area contributed by atoms with Crippen LogP contribution in [0.3, 0.4) is 0 Å². The lowest BCUT2D eigenvalue weighted by molar-refractivity contribution is 0.0754. The number of likely N-dealkylation sites (tertiary alicyclic amines) is 1. The smallest absolute Gasteiger partial charge is 0.281 e. The van der Waals surface area contributed by atoms with E-state index < -0.39 is 18.1 Å². The number of hydrogen-bond acceptors (Lipinski definition) is 5. The Labute approximate surface area is 152 Å². The molecule has 0 spiro atoms. The number of aromatic nitrogens is 1. The normalized spacial score (nSPS) is 17.6. The van der Waals surface area contributed by atoms with Crippen molar-refractivity contribution in [1.82, 2.24) is 9.88 Å². The zero-order chi connectivity index (χ0) is 18.7. The fraction of sp³-hybridized carbons (Fsp3) is 0.471. The van der Waals surface area contributed by atoms with Gasteiger partial charge in [-0.2, -0.15) is 0 Å². The third-order valence-corrected chi connectivity index (χ3v) is 5.41. The number of thiazole rings is 1. The molecule has 4 nitrogen and oxygen atoms in total. The van der Waals surface area contributed by atoms with Gasteiger partial charge in [0.25, 0.3) is 6.43 Å². The maximum absolute atomic E-state index is 13.3. The first-order valence-corrected chi connectivity index (χ1v) is 9.14. The van der Waals surface area contributed by atoms with Gasteiger partial charge in [-0.25, -0.2) is 22.5 Å². The molecule has 0 saturated carbocycles. The Morgan fingerprint density at radius 1 is 1.23 bits per heavy atom. The van der Waals surface area contributed by atoms with Gasteiger partial charge in [0.15, 0.2) is 11.6 Å². The highest BCUT2D eigenvalue weighted by atomic mass is 32.1. The van der Waals surface area contributed by atoms with E-state index in [2.05, 4.69) is 4.98 Å². The van der Waals surface area contributed by atoms with E-state index >= 15 is 0 Å². The first kappa shape index (κ1) is 19.1. The van der Waals surface area contributed by atoms with Gasteiger partial charge in [0.1, 0.15) is 17.5 Å². The molecular weight excluding hydrogens is 370 g/mol. The van der Waals surface area contributed by atoms with Crippen LogP contribution in [0.2, 0.25) is 0 Å². The van der Waals surface area contributed by atoms with E-state index in [0.717, 1.165) is 12.1 Å². The van der Waals surface area contributed by atoms with Crippen LogP contribution in [0.25, 0.3) is 0 Å². The minimum Gasteiger partial charge on any atom is -0.490 e. The van der Waals surface area contributed by atoms with Gasteiger partial charge in [-0.15, -0.1) is 11.3 Å². The molecule has 1 saturated heterocycles. The van der Waals surface area contributed by atoms with Gasteiger partial charge in [0, 0.05) is 25.7 Å². The molecule has 0 amide bonds. The molecule has 2 aromatic rings. The van der Waals surface area contributed by atoms with Crippen molar-refractivity contribution in [3.63, 3.8) is 0 Å². The van der Waals surface area contributed by atoms with Gasteiger partial charge in [-0.05, 0) is 25.0 Å². The molecule has 1 fully saturated rings. The molecule has 1 aromatic heterocycles. The lowest BCUT2D eigenvalue weighted by Gasteiger charge is -2.37. The minimum atomic E-state index is -2.63. The molecule has 2 N–H and O–H groups in total. The monoisotopic (exact) mass is 389 g/mol. The van der Waals surface area contributed by atoms with Crippen molar-refractivity contribution in [1.29, 1.82) is 0 Å². The molecule has 2 heterocycles. The lowest BCUT2D eigenvalue weighted by Crippen LogP contribution is -2.42. The number of hydrogen-bond donors (Lipinski definition) is 1. The number of alkyl halides is 2. The zero-order valence-corrected chi connectivity index (χ0v) is 14.7. The molecule has 1 unspecified atom stereocenters. The van der Waals surface area contributed by atoms with Gasteiger partial charge in [0.2, 0.25) is 0 Å². The summed E-state index contributed by atoms with van der Waals surface area (Å²) in [4.78, 5) is 6.31. The molecule has 26 heavy (non-hydrogen) atoms. The van der Waals surface area contributed by atoms with Crippen LogP contribution in [0.15, 0.2) is 23.7 Å². The first-order valence-electron chi connectivity index (χ1n) is 8.26. The van der Waals surface area contributed by atoms with E-state index in [1.54, 1.807) is 0 Å². The predicted molar refractivity (Wildman–Crippen MR) is 90.4 cm³/mol. The van der Waals surface area contributed by atoms with Crippen molar-refractivity contribution in [2.75, 3.05) is 19.6 Å². The Bertz CT molecular complexity index is 735. The third-order valence-electron chi connectivity index (χ3n) is 4.47. The Hall–Kier alpha value is -1.71. The standard InChI is InChI=1S/C17H19F4N3OS/c18-12-2-1-11(7-13(12)19)25-10-3-5-24(6-4-10)14(8-22)16-15(17(20)21)23-9-26-16/h1-2,7,9-10,14,17H,3-6,8,22H2. The summed E-state index contributed by atoms with van der Waals surface area (Å²) in [6.07, 6.45) is -1.50. The van der Waals surface area contributed by atoms with E-state index in [9.17, 15) is 17.6 Å². The number of nitrogens with two attached hydrogens (primary N) is 1. The summed E-state index contributed by atoms with van der Waals surface area (Å²) < 4.78 is 58.1. The Kier molecular flexibility index (Phi) is 6.10. The molecule has 0 aliphatic carbocycles. The van der Waals surface area contributed by atoms with E-state index in [0.29, 0.717) is 30.8 Å². The molecule has 9 heteroatoms. The van der Waals surface area contributed by atoms with Crippen LogP contribution in [0.5, 0.6) is 5.75 Å². The fourth-order valence-electron chi connectivity index (χ4n) is 3.15. The summed E-state index contributed by atoms with van der Waals surface area (Å²) in [5.41, 5.74) is 7.05. The topological polar surface area (TPSA) is 51.4 Å². The van der Waals surface area contributed by atoms with Crippen molar-refractivity contribution in [2.45, 2.75) is 31.4 Å². The van der Waals surface area contributed by atoms with Crippen LogP contribution in [0.1, 0.15) is 35.9 Å². The van der Waals surface area contributed by atoms with E-state index in [4.69, 9.17) is 10.5 Å². The van der Waals surface area contributed by atoms with Crippen LogP contribution < -0.4 is 10.5 Å². The average Bonchev–Trinajstić information content (AvgIpc) is 3.10. The maximum atomic E-state index is 13.3. The van der Waals surface area contributed by atoms with Crippen molar-refractivity contribution in [3.8, 4) is 5.75 Å². The molecule has 1 aliphatic heterocycles. The molecule has 1 aliphatic rings. The molecule has 0 radical (unpaired) electrons. The minimum absolute atomic E-state index is 0.148. The Balaban J connectivity index is 1.61. The lowest BCUT2D eigenvalue weighted by atomic mass is 10.0. The highest BCUT2D eigenvalue weighted by Crippen LogP contribution is 2.34.